The number of hydrogen-bond acceptors (Lipinski definition) is 10. The normalized spacial score (nSPS) is 11.6. The molecular formula is C27H24N8S4. The smallest absolute Gasteiger partial charge is 0.161 e. The van der Waals surface area contributed by atoms with Gasteiger partial charge in [-0.05, 0) is 48.4 Å². The number of thioether (sulfide) groups is 2. The maximum atomic E-state index is 4.91. The zero-order valence-corrected chi connectivity index (χ0v) is 25.0. The van der Waals surface area contributed by atoms with Crippen molar-refractivity contribution in [1.29, 1.82) is 0 Å². The highest BCUT2D eigenvalue weighted by atomic mass is 33.1. The van der Waals surface area contributed by atoms with Gasteiger partial charge in [-0.3, -0.25) is 9.97 Å². The molecule has 6 rings (SSSR count). The van der Waals surface area contributed by atoms with Gasteiger partial charge in [-0.1, -0.05) is 28.5 Å². The van der Waals surface area contributed by atoms with Gasteiger partial charge in [0.25, 0.3) is 0 Å². The van der Waals surface area contributed by atoms with E-state index < -0.39 is 0 Å². The van der Waals surface area contributed by atoms with E-state index in [1.54, 1.807) is 51.3 Å². The fourth-order valence-electron chi connectivity index (χ4n) is 4.28. The second-order valence-electron chi connectivity index (χ2n) is 8.52. The Hall–Kier alpha value is -3.06. The summed E-state index contributed by atoms with van der Waals surface area (Å²) in [6.45, 7) is 2.14. The van der Waals surface area contributed by atoms with E-state index in [0.29, 0.717) is 0 Å². The summed E-state index contributed by atoms with van der Waals surface area (Å²) in [6.07, 6.45) is 9.44. The van der Waals surface area contributed by atoms with Crippen LogP contribution in [0.4, 0.5) is 0 Å². The summed E-state index contributed by atoms with van der Waals surface area (Å²) in [4.78, 5) is 32.7. The Kier molecular flexibility index (Phi) is 7.52. The van der Waals surface area contributed by atoms with Gasteiger partial charge in [0.05, 0.1) is 0 Å². The predicted molar refractivity (Wildman–Crippen MR) is 163 cm³/mol. The minimum atomic E-state index is 0.811. The molecule has 6 aromatic heterocycles. The van der Waals surface area contributed by atoms with Gasteiger partial charge in [0.1, 0.15) is 22.4 Å². The van der Waals surface area contributed by atoms with Gasteiger partial charge in [0, 0.05) is 58.5 Å². The third-order valence-corrected chi connectivity index (χ3v) is 10.1. The first-order valence-electron chi connectivity index (χ1n) is 12.1. The number of aromatic nitrogens is 8. The molecule has 0 saturated heterocycles. The molecule has 6 aromatic rings. The van der Waals surface area contributed by atoms with Crippen molar-refractivity contribution < 1.29 is 0 Å². The second kappa shape index (κ2) is 11.2. The van der Waals surface area contributed by atoms with E-state index in [1.807, 2.05) is 60.2 Å². The molecule has 0 spiro atoms. The average molecular weight is 589 g/mol. The Morgan fingerprint density at radius 3 is 1.74 bits per heavy atom. The standard InChI is InChI=1S/C27H24N8S4/c1-5-37-21-9-7-11-29-23(21)27-33-19-13-17(15-31-25(19)35(27)3)39-38-16-12-18-24(30-14-16)34(2)26(32-18)22-20(36-4)8-6-10-28-22/h6-15H,5H2,1-4H3. The predicted octanol–water partition coefficient (Wildman–Crippen LogP) is 7.01. The molecule has 0 unspecified atom stereocenters. The number of pyridine rings is 4. The first kappa shape index (κ1) is 26.2. The molecule has 0 aromatic carbocycles. The maximum Gasteiger partial charge on any atom is 0.161 e. The molecule has 0 atom stereocenters. The number of imidazole rings is 2. The van der Waals surface area contributed by atoms with Crippen molar-refractivity contribution in [1.82, 2.24) is 39.0 Å². The fraction of sp³-hybridized carbons (Fsp3) is 0.185. The van der Waals surface area contributed by atoms with Crippen LogP contribution < -0.4 is 0 Å². The summed E-state index contributed by atoms with van der Waals surface area (Å²) in [7, 11) is 7.22. The number of rotatable bonds is 8. The highest BCUT2D eigenvalue weighted by molar-refractivity contribution is 8.76. The molecule has 196 valence electrons. The molecule has 0 amide bonds. The largest absolute Gasteiger partial charge is 0.310 e. The van der Waals surface area contributed by atoms with Gasteiger partial charge in [-0.2, -0.15) is 0 Å². The van der Waals surface area contributed by atoms with E-state index in [0.717, 1.165) is 70.7 Å². The lowest BCUT2D eigenvalue weighted by molar-refractivity contribution is 0.926. The first-order valence-corrected chi connectivity index (χ1v) is 16.5. The van der Waals surface area contributed by atoms with E-state index in [1.165, 1.54) is 0 Å². The summed E-state index contributed by atoms with van der Waals surface area (Å²) >= 11 is 3.43. The van der Waals surface area contributed by atoms with Crippen LogP contribution in [-0.2, 0) is 14.1 Å². The first-order chi connectivity index (χ1) is 19.1. The topological polar surface area (TPSA) is 87.2 Å². The molecule has 12 heteroatoms. The summed E-state index contributed by atoms with van der Waals surface area (Å²) in [5.41, 5.74) is 5.11. The lowest BCUT2D eigenvalue weighted by Gasteiger charge is -2.06. The van der Waals surface area contributed by atoms with Gasteiger partial charge in [0.15, 0.2) is 22.9 Å². The molecule has 0 radical (unpaired) electrons. The molecule has 0 aliphatic heterocycles. The third kappa shape index (κ3) is 5.02. The van der Waals surface area contributed by atoms with E-state index in [9.17, 15) is 0 Å². The average Bonchev–Trinajstić information content (AvgIpc) is 3.47. The Labute approximate surface area is 242 Å². The zero-order chi connectivity index (χ0) is 26.9. The molecule has 6 heterocycles. The van der Waals surface area contributed by atoms with E-state index in [2.05, 4.69) is 41.2 Å². The monoisotopic (exact) mass is 588 g/mol. The van der Waals surface area contributed by atoms with Crippen molar-refractivity contribution in [3.8, 4) is 23.0 Å². The van der Waals surface area contributed by atoms with Crippen LogP contribution in [-0.4, -0.2) is 51.0 Å². The lowest BCUT2D eigenvalue weighted by Crippen LogP contribution is -1.97. The molecular weight excluding hydrogens is 565 g/mol. The molecule has 39 heavy (non-hydrogen) atoms. The van der Waals surface area contributed by atoms with Crippen molar-refractivity contribution in [3.05, 3.63) is 61.2 Å². The minimum absolute atomic E-state index is 0.811. The van der Waals surface area contributed by atoms with E-state index >= 15 is 0 Å². The molecule has 0 bridgehead atoms. The van der Waals surface area contributed by atoms with E-state index in [4.69, 9.17) is 19.9 Å². The highest BCUT2D eigenvalue weighted by Crippen LogP contribution is 2.39. The van der Waals surface area contributed by atoms with Gasteiger partial charge in [-0.25, -0.2) is 19.9 Å². The summed E-state index contributed by atoms with van der Waals surface area (Å²) in [5.74, 6) is 2.61. The van der Waals surface area contributed by atoms with Crippen molar-refractivity contribution in [2.24, 2.45) is 14.1 Å². The number of hydrogen-bond donors (Lipinski definition) is 0. The Morgan fingerprint density at radius 1 is 0.718 bits per heavy atom. The van der Waals surface area contributed by atoms with E-state index in [-0.39, 0.29) is 0 Å². The van der Waals surface area contributed by atoms with Crippen molar-refractivity contribution >= 4 is 67.4 Å². The van der Waals surface area contributed by atoms with Crippen LogP contribution in [0, 0.1) is 0 Å². The minimum Gasteiger partial charge on any atom is -0.310 e. The summed E-state index contributed by atoms with van der Waals surface area (Å²) in [5, 5.41) is 0. The molecule has 0 aliphatic rings. The van der Waals surface area contributed by atoms with Crippen LogP contribution in [0.1, 0.15) is 6.92 Å². The highest BCUT2D eigenvalue weighted by Gasteiger charge is 2.18. The van der Waals surface area contributed by atoms with Crippen LogP contribution in [0.25, 0.3) is 45.4 Å². The summed E-state index contributed by atoms with van der Waals surface area (Å²) in [6, 6.07) is 12.2. The second-order valence-corrected chi connectivity index (χ2v) is 13.0. The SMILES string of the molecule is CCSc1cccnc1-c1nc2cc(SSc3cnc4c(c3)nc(-c3ncccc3SC)n4C)cnc2n1C. The maximum absolute atomic E-state index is 4.91. The number of aryl methyl sites for hydroxylation is 2. The van der Waals surface area contributed by atoms with Gasteiger partial charge in [-0.15, -0.1) is 23.5 Å². The molecule has 0 aliphatic carbocycles. The Bertz CT molecular complexity index is 1810. The lowest BCUT2D eigenvalue weighted by atomic mass is 10.3. The summed E-state index contributed by atoms with van der Waals surface area (Å²) < 4.78 is 4.01. The number of nitrogens with zero attached hydrogens (tertiary/aromatic N) is 8. The van der Waals surface area contributed by atoms with Crippen molar-refractivity contribution in [2.45, 2.75) is 26.5 Å². The van der Waals surface area contributed by atoms with Crippen LogP contribution in [0.2, 0.25) is 0 Å². The molecule has 0 saturated carbocycles. The van der Waals surface area contributed by atoms with Gasteiger partial charge >= 0.3 is 0 Å². The van der Waals surface area contributed by atoms with Crippen LogP contribution in [0.5, 0.6) is 0 Å². The molecule has 0 fully saturated rings. The quantitative estimate of drug-likeness (QED) is 0.137. The van der Waals surface area contributed by atoms with Crippen LogP contribution in [0.3, 0.4) is 0 Å². The van der Waals surface area contributed by atoms with Crippen LogP contribution >= 0.6 is 45.1 Å². The number of fused-ring (bicyclic) bond motifs is 2. The van der Waals surface area contributed by atoms with Crippen molar-refractivity contribution in [3.63, 3.8) is 0 Å². The van der Waals surface area contributed by atoms with Crippen LogP contribution in [0.15, 0.2) is 80.8 Å². The van der Waals surface area contributed by atoms with Gasteiger partial charge in [0.2, 0.25) is 0 Å². The fourth-order valence-corrected chi connectivity index (χ4v) is 7.43. The molecule has 0 N–H and O–H groups in total. The zero-order valence-electron chi connectivity index (χ0n) is 21.7. The van der Waals surface area contributed by atoms with Crippen molar-refractivity contribution in [2.75, 3.05) is 12.0 Å². The Morgan fingerprint density at radius 2 is 1.23 bits per heavy atom. The molecule has 8 nitrogen and oxygen atoms in total. The third-order valence-electron chi connectivity index (χ3n) is 6.09. The Balaban J connectivity index is 1.26. The van der Waals surface area contributed by atoms with Gasteiger partial charge < -0.3 is 9.13 Å².